The van der Waals surface area contributed by atoms with Crippen LogP contribution < -0.4 is 10.2 Å². The van der Waals surface area contributed by atoms with Crippen LogP contribution in [0.4, 0.5) is 11.4 Å². The molecule has 0 aliphatic carbocycles. The Bertz CT molecular complexity index is 750. The molecule has 118 valence electrons. The molecule has 3 rings (SSSR count). The van der Waals surface area contributed by atoms with Crippen LogP contribution in [0.15, 0.2) is 48.5 Å². The molecule has 1 N–H and O–H groups in total. The predicted octanol–water partition coefficient (Wildman–Crippen LogP) is 3.99. The summed E-state index contributed by atoms with van der Waals surface area (Å²) in [5.74, 6) is -0.716. The fourth-order valence-electron chi connectivity index (χ4n) is 2.58. The van der Waals surface area contributed by atoms with E-state index in [-0.39, 0.29) is 18.2 Å². The van der Waals surface area contributed by atoms with E-state index in [9.17, 15) is 9.59 Å². The second-order valence-corrected chi connectivity index (χ2v) is 6.12. The maximum absolute atomic E-state index is 12.4. The molecule has 1 saturated heterocycles. The minimum atomic E-state index is -0.419. The molecule has 0 spiro atoms. The van der Waals surface area contributed by atoms with Gasteiger partial charge in [0.1, 0.15) is 0 Å². The number of anilines is 2. The number of carbonyl (C=O) groups is 2. The molecule has 2 aromatic carbocycles. The number of carbonyl (C=O) groups excluding carboxylic acids is 2. The normalized spacial score (nSPS) is 17.4. The van der Waals surface area contributed by atoms with E-state index in [4.69, 9.17) is 23.2 Å². The first-order valence-electron chi connectivity index (χ1n) is 7.16. The number of para-hydroxylation sites is 1. The van der Waals surface area contributed by atoms with E-state index < -0.39 is 5.92 Å². The van der Waals surface area contributed by atoms with Crippen molar-refractivity contribution >= 4 is 46.4 Å². The molecule has 0 aromatic heterocycles. The third-order valence-corrected chi connectivity index (χ3v) is 4.59. The molecule has 0 unspecified atom stereocenters. The number of nitrogens with one attached hydrogen (secondary N) is 1. The first kappa shape index (κ1) is 15.8. The molecule has 1 heterocycles. The molecule has 2 aromatic rings. The molecule has 1 atom stereocenters. The highest BCUT2D eigenvalue weighted by molar-refractivity contribution is 6.44. The van der Waals surface area contributed by atoms with Crippen LogP contribution in [0.1, 0.15) is 6.42 Å². The van der Waals surface area contributed by atoms with Crippen LogP contribution >= 0.6 is 23.2 Å². The summed E-state index contributed by atoms with van der Waals surface area (Å²) in [5.41, 5.74) is 1.25. The van der Waals surface area contributed by atoms with E-state index in [1.807, 2.05) is 30.3 Å². The zero-order valence-electron chi connectivity index (χ0n) is 12.1. The zero-order valence-corrected chi connectivity index (χ0v) is 13.6. The summed E-state index contributed by atoms with van der Waals surface area (Å²) in [6, 6.07) is 14.4. The molecule has 1 aliphatic heterocycles. The van der Waals surface area contributed by atoms with Gasteiger partial charge in [0, 0.05) is 18.7 Å². The lowest BCUT2D eigenvalue weighted by atomic mass is 10.1. The lowest BCUT2D eigenvalue weighted by Gasteiger charge is -2.16. The van der Waals surface area contributed by atoms with E-state index in [2.05, 4.69) is 5.32 Å². The van der Waals surface area contributed by atoms with Gasteiger partial charge in [0.2, 0.25) is 11.8 Å². The fraction of sp³-hybridized carbons (Fsp3) is 0.176. The average molecular weight is 349 g/mol. The first-order chi connectivity index (χ1) is 11.1. The Kier molecular flexibility index (Phi) is 4.55. The van der Waals surface area contributed by atoms with Gasteiger partial charge in [-0.2, -0.15) is 0 Å². The standard InChI is InChI=1S/C17H14Cl2N2O2/c18-13-7-4-8-14(16(13)19)20-17(23)11-9-15(22)21(10-11)12-5-2-1-3-6-12/h1-8,11H,9-10H2,(H,20,23)/t11-/m0/s1. The molecule has 23 heavy (non-hydrogen) atoms. The average Bonchev–Trinajstić information content (AvgIpc) is 2.95. The van der Waals surface area contributed by atoms with Crippen LogP contribution in [0.25, 0.3) is 0 Å². The topological polar surface area (TPSA) is 49.4 Å². The van der Waals surface area contributed by atoms with E-state index in [0.717, 1.165) is 5.69 Å². The molecule has 1 aliphatic rings. The number of rotatable bonds is 3. The summed E-state index contributed by atoms with van der Waals surface area (Å²) in [5, 5.41) is 3.42. The van der Waals surface area contributed by atoms with Gasteiger partial charge in [-0.3, -0.25) is 9.59 Å². The number of hydrogen-bond donors (Lipinski definition) is 1. The Morgan fingerprint density at radius 3 is 2.57 bits per heavy atom. The lowest BCUT2D eigenvalue weighted by molar-refractivity contribution is -0.122. The van der Waals surface area contributed by atoms with E-state index in [0.29, 0.717) is 22.3 Å². The molecule has 0 radical (unpaired) electrons. The Balaban J connectivity index is 1.72. The van der Waals surface area contributed by atoms with Gasteiger partial charge in [-0.05, 0) is 24.3 Å². The van der Waals surface area contributed by atoms with Crippen LogP contribution in [0, 0.1) is 5.92 Å². The van der Waals surface area contributed by atoms with Crippen molar-refractivity contribution in [2.45, 2.75) is 6.42 Å². The zero-order chi connectivity index (χ0) is 16.4. The van der Waals surface area contributed by atoms with Crippen molar-refractivity contribution in [2.24, 2.45) is 5.92 Å². The number of amides is 2. The summed E-state index contributed by atoms with van der Waals surface area (Å²) in [7, 11) is 0. The molecule has 0 saturated carbocycles. The van der Waals surface area contributed by atoms with Gasteiger partial charge in [0.05, 0.1) is 21.7 Å². The second kappa shape index (κ2) is 6.60. The summed E-state index contributed by atoms with van der Waals surface area (Å²) in [6.45, 7) is 0.354. The van der Waals surface area contributed by atoms with Gasteiger partial charge in [-0.15, -0.1) is 0 Å². The summed E-state index contributed by atoms with van der Waals surface area (Å²) < 4.78 is 0. The van der Waals surface area contributed by atoms with Crippen molar-refractivity contribution in [1.82, 2.24) is 0 Å². The summed E-state index contributed by atoms with van der Waals surface area (Å²) >= 11 is 12.0. The van der Waals surface area contributed by atoms with E-state index in [1.165, 1.54) is 0 Å². The SMILES string of the molecule is O=C(Nc1cccc(Cl)c1Cl)[C@H]1CC(=O)N(c2ccccc2)C1. The lowest BCUT2D eigenvalue weighted by Crippen LogP contribution is -2.28. The molecule has 0 bridgehead atoms. The number of benzene rings is 2. The van der Waals surface area contributed by atoms with Crippen LogP contribution in [-0.2, 0) is 9.59 Å². The van der Waals surface area contributed by atoms with Crippen LogP contribution in [0.5, 0.6) is 0 Å². The predicted molar refractivity (Wildman–Crippen MR) is 92.0 cm³/mol. The summed E-state index contributed by atoms with van der Waals surface area (Å²) in [6.07, 6.45) is 0.179. The van der Waals surface area contributed by atoms with Gasteiger partial charge in [0.25, 0.3) is 0 Å². The minimum Gasteiger partial charge on any atom is -0.324 e. The second-order valence-electron chi connectivity index (χ2n) is 5.33. The first-order valence-corrected chi connectivity index (χ1v) is 7.92. The molecular weight excluding hydrogens is 335 g/mol. The highest BCUT2D eigenvalue weighted by Gasteiger charge is 2.35. The molecule has 1 fully saturated rings. The van der Waals surface area contributed by atoms with Crippen molar-refractivity contribution < 1.29 is 9.59 Å². The molecule has 6 heteroatoms. The molecular formula is C17H14Cl2N2O2. The van der Waals surface area contributed by atoms with Gasteiger partial charge in [-0.25, -0.2) is 0 Å². The minimum absolute atomic E-state index is 0.0615. The Labute approximate surface area is 144 Å². The van der Waals surface area contributed by atoms with E-state index >= 15 is 0 Å². The largest absolute Gasteiger partial charge is 0.324 e. The number of nitrogens with zero attached hydrogens (tertiary/aromatic N) is 1. The van der Waals surface area contributed by atoms with Crippen LogP contribution in [-0.4, -0.2) is 18.4 Å². The van der Waals surface area contributed by atoms with Crippen LogP contribution in [0.3, 0.4) is 0 Å². The smallest absolute Gasteiger partial charge is 0.229 e. The van der Waals surface area contributed by atoms with Crippen molar-refractivity contribution in [3.05, 3.63) is 58.6 Å². The Morgan fingerprint density at radius 2 is 1.83 bits per heavy atom. The Morgan fingerprint density at radius 1 is 1.09 bits per heavy atom. The maximum Gasteiger partial charge on any atom is 0.229 e. The van der Waals surface area contributed by atoms with Gasteiger partial charge in [-0.1, -0.05) is 47.5 Å². The number of hydrogen-bond acceptors (Lipinski definition) is 2. The monoisotopic (exact) mass is 348 g/mol. The fourth-order valence-corrected chi connectivity index (χ4v) is 2.92. The summed E-state index contributed by atoms with van der Waals surface area (Å²) in [4.78, 5) is 26.2. The third kappa shape index (κ3) is 3.33. The van der Waals surface area contributed by atoms with Gasteiger partial charge >= 0.3 is 0 Å². The van der Waals surface area contributed by atoms with Gasteiger partial charge < -0.3 is 10.2 Å². The third-order valence-electron chi connectivity index (χ3n) is 3.77. The van der Waals surface area contributed by atoms with Crippen molar-refractivity contribution in [1.29, 1.82) is 0 Å². The van der Waals surface area contributed by atoms with Crippen molar-refractivity contribution in [3.63, 3.8) is 0 Å². The van der Waals surface area contributed by atoms with Crippen LogP contribution in [0.2, 0.25) is 10.0 Å². The van der Waals surface area contributed by atoms with E-state index in [1.54, 1.807) is 23.1 Å². The maximum atomic E-state index is 12.4. The Hall–Kier alpha value is -2.04. The quantitative estimate of drug-likeness (QED) is 0.911. The highest BCUT2D eigenvalue weighted by Crippen LogP contribution is 2.31. The number of halogens is 2. The van der Waals surface area contributed by atoms with Crippen molar-refractivity contribution in [3.8, 4) is 0 Å². The van der Waals surface area contributed by atoms with Crippen molar-refractivity contribution in [2.75, 3.05) is 16.8 Å². The van der Waals surface area contributed by atoms with Gasteiger partial charge in [0.15, 0.2) is 0 Å². The highest BCUT2D eigenvalue weighted by atomic mass is 35.5. The molecule has 2 amide bonds. The molecule has 4 nitrogen and oxygen atoms in total.